The first-order valence-corrected chi connectivity index (χ1v) is 5.66. The molecule has 14 heavy (non-hydrogen) atoms. The van der Waals surface area contributed by atoms with Crippen molar-refractivity contribution in [3.05, 3.63) is 0 Å². The molecule has 1 heterocycles. The Bertz CT molecular complexity index is 161. The van der Waals surface area contributed by atoms with Crippen LogP contribution in [-0.2, 0) is 4.74 Å². The highest BCUT2D eigenvalue weighted by Gasteiger charge is 2.23. The van der Waals surface area contributed by atoms with Gasteiger partial charge in [0.2, 0.25) is 0 Å². The van der Waals surface area contributed by atoms with Crippen LogP contribution in [0.5, 0.6) is 0 Å². The Kier molecular flexibility index (Phi) is 4.85. The number of hydrogen-bond acceptors (Lipinski definition) is 3. The van der Waals surface area contributed by atoms with Crippen LogP contribution in [-0.4, -0.2) is 49.8 Å². The zero-order valence-corrected chi connectivity index (χ0v) is 9.92. The Morgan fingerprint density at radius 2 is 2.21 bits per heavy atom. The Labute approximate surface area is 87.8 Å². The van der Waals surface area contributed by atoms with Crippen molar-refractivity contribution in [1.82, 2.24) is 10.2 Å². The minimum atomic E-state index is 0.388. The molecule has 0 aromatic carbocycles. The summed E-state index contributed by atoms with van der Waals surface area (Å²) in [4.78, 5) is 2.35. The van der Waals surface area contributed by atoms with Crippen molar-refractivity contribution in [2.24, 2.45) is 0 Å². The molecule has 3 nitrogen and oxygen atoms in total. The second kappa shape index (κ2) is 5.69. The van der Waals surface area contributed by atoms with E-state index >= 15 is 0 Å². The Balaban J connectivity index is 2.09. The summed E-state index contributed by atoms with van der Waals surface area (Å²) in [6.45, 7) is 9.69. The first-order chi connectivity index (χ1) is 6.61. The van der Waals surface area contributed by atoms with Gasteiger partial charge in [-0.1, -0.05) is 0 Å². The van der Waals surface area contributed by atoms with E-state index in [4.69, 9.17) is 4.74 Å². The smallest absolute Gasteiger partial charge is 0.0700 e. The maximum absolute atomic E-state index is 5.49. The molecular weight excluding hydrogens is 176 g/mol. The summed E-state index contributed by atoms with van der Waals surface area (Å²) in [5.74, 6) is 0. The Morgan fingerprint density at radius 3 is 2.71 bits per heavy atom. The van der Waals surface area contributed by atoms with E-state index in [9.17, 15) is 0 Å². The maximum Gasteiger partial charge on any atom is 0.0700 e. The molecule has 2 unspecified atom stereocenters. The van der Waals surface area contributed by atoms with E-state index in [0.717, 1.165) is 26.1 Å². The number of rotatable bonds is 5. The van der Waals surface area contributed by atoms with E-state index in [-0.39, 0.29) is 0 Å². The summed E-state index contributed by atoms with van der Waals surface area (Å²) in [6, 6.07) is 1.20. The molecule has 0 amide bonds. The second-order valence-corrected chi connectivity index (χ2v) is 4.50. The fourth-order valence-electron chi connectivity index (χ4n) is 1.68. The summed E-state index contributed by atoms with van der Waals surface area (Å²) in [7, 11) is 2.17. The van der Waals surface area contributed by atoms with Gasteiger partial charge in [0.05, 0.1) is 6.10 Å². The van der Waals surface area contributed by atoms with E-state index < -0.39 is 0 Å². The first-order valence-electron chi connectivity index (χ1n) is 5.66. The molecule has 0 bridgehead atoms. The van der Waals surface area contributed by atoms with Crippen molar-refractivity contribution in [1.29, 1.82) is 0 Å². The second-order valence-electron chi connectivity index (χ2n) is 4.50. The fraction of sp³-hybridized carbons (Fsp3) is 1.00. The van der Waals surface area contributed by atoms with Crippen LogP contribution in [0.4, 0.5) is 0 Å². The van der Waals surface area contributed by atoms with E-state index in [1.807, 2.05) is 0 Å². The molecule has 0 aromatic heterocycles. The van der Waals surface area contributed by atoms with Gasteiger partial charge in [0.1, 0.15) is 0 Å². The summed E-state index contributed by atoms with van der Waals surface area (Å²) in [6.07, 6.45) is 1.55. The molecule has 0 aromatic rings. The van der Waals surface area contributed by atoms with Gasteiger partial charge in [0, 0.05) is 31.8 Å². The van der Waals surface area contributed by atoms with Crippen molar-refractivity contribution in [2.75, 3.05) is 26.7 Å². The van der Waals surface area contributed by atoms with Gasteiger partial charge in [-0.2, -0.15) is 0 Å². The van der Waals surface area contributed by atoms with Crippen LogP contribution in [0, 0.1) is 0 Å². The SMILES string of the molecule is CC1OCCC1NCCN(C)C(C)C. The van der Waals surface area contributed by atoms with Gasteiger partial charge in [0.15, 0.2) is 0 Å². The molecule has 84 valence electrons. The average Bonchev–Trinajstić information content (AvgIpc) is 2.51. The normalized spacial score (nSPS) is 27.9. The molecule has 0 spiro atoms. The van der Waals surface area contributed by atoms with E-state index in [0.29, 0.717) is 18.2 Å². The highest BCUT2D eigenvalue weighted by molar-refractivity contribution is 4.79. The summed E-state index contributed by atoms with van der Waals surface area (Å²) in [5, 5.41) is 3.55. The molecule has 1 N–H and O–H groups in total. The molecule has 1 aliphatic rings. The van der Waals surface area contributed by atoms with Gasteiger partial charge >= 0.3 is 0 Å². The minimum absolute atomic E-state index is 0.388. The van der Waals surface area contributed by atoms with Gasteiger partial charge in [-0.15, -0.1) is 0 Å². The van der Waals surface area contributed by atoms with E-state index in [1.54, 1.807) is 0 Å². The zero-order valence-electron chi connectivity index (χ0n) is 9.92. The lowest BCUT2D eigenvalue weighted by Crippen LogP contribution is -2.40. The Hall–Kier alpha value is -0.120. The van der Waals surface area contributed by atoms with Gasteiger partial charge < -0.3 is 15.0 Å². The van der Waals surface area contributed by atoms with Crippen molar-refractivity contribution < 1.29 is 4.74 Å². The predicted molar refractivity (Wildman–Crippen MR) is 59.6 cm³/mol. The molecule has 1 saturated heterocycles. The van der Waals surface area contributed by atoms with Crippen LogP contribution >= 0.6 is 0 Å². The molecule has 3 heteroatoms. The molecule has 1 rings (SSSR count). The van der Waals surface area contributed by atoms with E-state index in [2.05, 4.69) is 38.0 Å². The lowest BCUT2D eigenvalue weighted by molar-refractivity contribution is 0.112. The average molecular weight is 200 g/mol. The van der Waals surface area contributed by atoms with Gasteiger partial charge in [-0.3, -0.25) is 0 Å². The number of likely N-dealkylation sites (N-methyl/N-ethyl adjacent to an activating group) is 1. The van der Waals surface area contributed by atoms with Gasteiger partial charge in [0.25, 0.3) is 0 Å². The van der Waals surface area contributed by atoms with Crippen molar-refractivity contribution in [3.63, 3.8) is 0 Å². The monoisotopic (exact) mass is 200 g/mol. The summed E-state index contributed by atoms with van der Waals surface area (Å²) in [5.41, 5.74) is 0. The summed E-state index contributed by atoms with van der Waals surface area (Å²) < 4.78 is 5.49. The minimum Gasteiger partial charge on any atom is -0.377 e. The number of nitrogens with zero attached hydrogens (tertiary/aromatic N) is 1. The third-order valence-electron chi connectivity index (χ3n) is 3.13. The molecule has 1 fully saturated rings. The lowest BCUT2D eigenvalue weighted by Gasteiger charge is -2.23. The molecule has 0 saturated carbocycles. The van der Waals surface area contributed by atoms with E-state index in [1.165, 1.54) is 0 Å². The predicted octanol–water partition coefficient (Wildman–Crippen LogP) is 1.09. The van der Waals surface area contributed by atoms with Crippen LogP contribution < -0.4 is 5.32 Å². The zero-order chi connectivity index (χ0) is 10.6. The van der Waals surface area contributed by atoms with Crippen LogP contribution in [0.15, 0.2) is 0 Å². The van der Waals surface area contributed by atoms with Gasteiger partial charge in [-0.25, -0.2) is 0 Å². The molecular formula is C11H24N2O. The highest BCUT2D eigenvalue weighted by Crippen LogP contribution is 2.11. The Morgan fingerprint density at radius 1 is 1.50 bits per heavy atom. The van der Waals surface area contributed by atoms with Crippen LogP contribution in [0.2, 0.25) is 0 Å². The first kappa shape index (κ1) is 12.0. The topological polar surface area (TPSA) is 24.5 Å². The molecule has 2 atom stereocenters. The van der Waals surface area contributed by atoms with Crippen molar-refractivity contribution in [2.45, 2.75) is 45.4 Å². The third-order valence-corrected chi connectivity index (χ3v) is 3.13. The quantitative estimate of drug-likeness (QED) is 0.719. The standard InChI is InChI=1S/C11H24N2O/c1-9(2)13(4)7-6-12-11-5-8-14-10(11)3/h9-12H,5-8H2,1-4H3. The van der Waals surface area contributed by atoms with Gasteiger partial charge in [-0.05, 0) is 34.2 Å². The van der Waals surface area contributed by atoms with Crippen LogP contribution in [0.1, 0.15) is 27.2 Å². The van der Waals surface area contributed by atoms with Crippen molar-refractivity contribution >= 4 is 0 Å². The molecule has 1 aliphatic heterocycles. The lowest BCUT2D eigenvalue weighted by atomic mass is 10.1. The van der Waals surface area contributed by atoms with Crippen molar-refractivity contribution in [3.8, 4) is 0 Å². The number of nitrogens with one attached hydrogen (secondary N) is 1. The van der Waals surface area contributed by atoms with Crippen LogP contribution in [0.3, 0.4) is 0 Å². The maximum atomic E-state index is 5.49. The molecule has 0 radical (unpaired) electrons. The van der Waals surface area contributed by atoms with Crippen LogP contribution in [0.25, 0.3) is 0 Å². The summed E-state index contributed by atoms with van der Waals surface area (Å²) >= 11 is 0. The molecule has 0 aliphatic carbocycles. The highest BCUT2D eigenvalue weighted by atomic mass is 16.5. The fourth-order valence-corrected chi connectivity index (χ4v) is 1.68. The third kappa shape index (κ3) is 3.56. The number of ether oxygens (including phenoxy) is 1. The largest absolute Gasteiger partial charge is 0.377 e. The number of hydrogen-bond donors (Lipinski definition) is 1.